The molecule has 0 spiro atoms. The largest absolute Gasteiger partial charge is 0.467 e. The number of nitrogens with zero attached hydrogens (tertiary/aromatic N) is 1. The summed E-state index contributed by atoms with van der Waals surface area (Å²) in [7, 11) is 0. The van der Waals surface area contributed by atoms with E-state index in [9.17, 15) is 14.4 Å². The van der Waals surface area contributed by atoms with E-state index in [1.807, 2.05) is 30.3 Å². The molecule has 4 aliphatic carbocycles. The van der Waals surface area contributed by atoms with Gasteiger partial charge in [0.25, 0.3) is 11.8 Å². The second-order valence-electron chi connectivity index (χ2n) is 12.5. The van der Waals surface area contributed by atoms with Crippen LogP contribution in [0.2, 0.25) is 0 Å². The van der Waals surface area contributed by atoms with Gasteiger partial charge in [0.2, 0.25) is 5.91 Å². The van der Waals surface area contributed by atoms with E-state index in [1.54, 1.807) is 42.7 Å². The van der Waals surface area contributed by atoms with Crippen molar-refractivity contribution in [2.75, 3.05) is 6.54 Å². The van der Waals surface area contributed by atoms with Gasteiger partial charge in [-0.15, -0.1) is 0 Å². The van der Waals surface area contributed by atoms with E-state index in [1.165, 1.54) is 43.4 Å². The number of nitrogens with one attached hydrogen (secondary N) is 2. The van der Waals surface area contributed by atoms with Gasteiger partial charge in [0.05, 0.1) is 23.9 Å². The summed E-state index contributed by atoms with van der Waals surface area (Å²) in [6.07, 6.45) is 9.19. The van der Waals surface area contributed by atoms with Gasteiger partial charge in [-0.2, -0.15) is 0 Å². The summed E-state index contributed by atoms with van der Waals surface area (Å²) in [4.78, 5) is 42.1. The number of furan rings is 1. The van der Waals surface area contributed by atoms with E-state index < -0.39 is 0 Å². The lowest BCUT2D eigenvalue weighted by Gasteiger charge is -2.59. The molecule has 41 heavy (non-hydrogen) atoms. The lowest BCUT2D eigenvalue weighted by atomic mass is 9.48. The van der Waals surface area contributed by atoms with Crippen molar-refractivity contribution in [3.63, 3.8) is 0 Å². The first kappa shape index (κ1) is 27.3. The first-order chi connectivity index (χ1) is 19.9. The minimum Gasteiger partial charge on any atom is -0.467 e. The molecule has 1 unspecified atom stereocenters. The van der Waals surface area contributed by atoms with E-state index in [-0.39, 0.29) is 53.4 Å². The Hall–Kier alpha value is -3.87. The molecule has 2 aromatic carbocycles. The molecular formula is C34H39N3O4. The molecule has 3 amide bonds. The van der Waals surface area contributed by atoms with E-state index in [4.69, 9.17) is 4.42 Å². The molecule has 4 bridgehead atoms. The Morgan fingerprint density at radius 3 is 2.15 bits per heavy atom. The molecule has 0 aliphatic heterocycles. The third-order valence-electron chi connectivity index (χ3n) is 9.63. The maximum Gasteiger partial charge on any atom is 0.255 e. The van der Waals surface area contributed by atoms with Crippen LogP contribution in [0.5, 0.6) is 0 Å². The molecule has 4 saturated carbocycles. The van der Waals surface area contributed by atoms with Crippen LogP contribution in [0.4, 0.5) is 0 Å². The third-order valence-corrected chi connectivity index (χ3v) is 9.63. The molecule has 2 N–H and O–H groups in total. The van der Waals surface area contributed by atoms with Crippen LogP contribution in [0.15, 0.2) is 77.4 Å². The summed E-state index contributed by atoms with van der Waals surface area (Å²) < 4.78 is 5.54. The smallest absolute Gasteiger partial charge is 0.255 e. The number of amides is 3. The zero-order valence-electron chi connectivity index (χ0n) is 23.7. The van der Waals surface area contributed by atoms with E-state index in [0.29, 0.717) is 12.3 Å². The van der Waals surface area contributed by atoms with E-state index in [2.05, 4.69) is 17.6 Å². The van der Waals surface area contributed by atoms with Gasteiger partial charge in [0.15, 0.2) is 0 Å². The van der Waals surface area contributed by atoms with Gasteiger partial charge in [-0.05, 0) is 98.4 Å². The minimum absolute atomic E-state index is 0.0556. The number of hydrogen-bond acceptors (Lipinski definition) is 4. The molecule has 1 atom stereocenters. The van der Waals surface area contributed by atoms with Crippen LogP contribution in [0.1, 0.15) is 77.5 Å². The van der Waals surface area contributed by atoms with Crippen molar-refractivity contribution < 1.29 is 18.8 Å². The molecule has 7 nitrogen and oxygen atoms in total. The van der Waals surface area contributed by atoms with Crippen molar-refractivity contribution in [2.24, 2.45) is 23.2 Å². The highest BCUT2D eigenvalue weighted by Gasteiger charge is 2.53. The zero-order chi connectivity index (χ0) is 28.4. The summed E-state index contributed by atoms with van der Waals surface area (Å²) in [6.45, 7) is 2.51. The van der Waals surface area contributed by atoms with Crippen LogP contribution < -0.4 is 10.6 Å². The maximum absolute atomic E-state index is 13.9. The number of carbonyl (C=O) groups excluding carboxylic acids is 3. The van der Waals surface area contributed by atoms with Gasteiger partial charge in [0, 0.05) is 12.6 Å². The van der Waals surface area contributed by atoms with Gasteiger partial charge in [-0.3, -0.25) is 14.4 Å². The Morgan fingerprint density at radius 1 is 0.878 bits per heavy atom. The molecule has 3 aromatic rings. The summed E-state index contributed by atoms with van der Waals surface area (Å²) in [5.41, 5.74) is 1.67. The Balaban J connectivity index is 1.17. The van der Waals surface area contributed by atoms with Crippen LogP contribution in [0, 0.1) is 23.2 Å². The number of hydrogen-bond donors (Lipinski definition) is 2. The lowest BCUT2D eigenvalue weighted by Crippen LogP contribution is -2.56. The topological polar surface area (TPSA) is 91.7 Å². The summed E-state index contributed by atoms with van der Waals surface area (Å²) >= 11 is 0. The lowest BCUT2D eigenvalue weighted by molar-refractivity contribution is -0.126. The predicted molar refractivity (Wildman–Crippen MR) is 156 cm³/mol. The van der Waals surface area contributed by atoms with Gasteiger partial charge in [0.1, 0.15) is 12.3 Å². The number of carbonyl (C=O) groups is 3. The van der Waals surface area contributed by atoms with E-state index in [0.717, 1.165) is 23.3 Å². The Kier molecular flexibility index (Phi) is 7.69. The van der Waals surface area contributed by atoms with Crippen LogP contribution in [-0.2, 0) is 17.9 Å². The fraction of sp³-hybridized carbons (Fsp3) is 0.441. The van der Waals surface area contributed by atoms with Crippen LogP contribution in [-0.4, -0.2) is 35.2 Å². The van der Waals surface area contributed by atoms with Crippen molar-refractivity contribution in [1.29, 1.82) is 0 Å². The van der Waals surface area contributed by atoms with Crippen molar-refractivity contribution in [2.45, 2.75) is 64.6 Å². The molecule has 214 valence electrons. The average molecular weight is 554 g/mol. The SMILES string of the molecule is CC(NC(=O)CN(Cc1ccco1)C(=O)c1ccccc1C(=O)NCc1ccccc1)C12CC3CC(CC(C3)C1)C2. The first-order valence-electron chi connectivity index (χ1n) is 14.9. The summed E-state index contributed by atoms with van der Waals surface area (Å²) in [5, 5.41) is 6.20. The minimum atomic E-state index is -0.385. The summed E-state index contributed by atoms with van der Waals surface area (Å²) in [6, 6.07) is 20.0. The highest BCUT2D eigenvalue weighted by atomic mass is 16.3. The number of rotatable bonds is 10. The maximum atomic E-state index is 13.9. The fourth-order valence-electron chi connectivity index (χ4n) is 8.02. The molecule has 4 fully saturated rings. The van der Waals surface area contributed by atoms with E-state index >= 15 is 0 Å². The molecule has 7 rings (SSSR count). The van der Waals surface area contributed by atoms with Crippen molar-refractivity contribution >= 4 is 17.7 Å². The predicted octanol–water partition coefficient (Wildman–Crippen LogP) is 5.57. The van der Waals surface area contributed by atoms with Crippen molar-refractivity contribution in [1.82, 2.24) is 15.5 Å². The van der Waals surface area contributed by atoms with Gasteiger partial charge in [-0.1, -0.05) is 42.5 Å². The molecular weight excluding hydrogens is 514 g/mol. The van der Waals surface area contributed by atoms with Crippen LogP contribution >= 0.6 is 0 Å². The van der Waals surface area contributed by atoms with Crippen LogP contribution in [0.3, 0.4) is 0 Å². The zero-order valence-corrected chi connectivity index (χ0v) is 23.7. The molecule has 1 aromatic heterocycles. The summed E-state index contributed by atoms with van der Waals surface area (Å²) in [5.74, 6) is 2.05. The van der Waals surface area contributed by atoms with Gasteiger partial charge >= 0.3 is 0 Å². The Labute approximate surface area is 241 Å². The van der Waals surface area contributed by atoms with Crippen molar-refractivity contribution in [3.8, 4) is 0 Å². The highest BCUT2D eigenvalue weighted by Crippen LogP contribution is 2.61. The second-order valence-corrected chi connectivity index (χ2v) is 12.5. The van der Waals surface area contributed by atoms with Crippen molar-refractivity contribution in [3.05, 3.63) is 95.4 Å². The standard InChI is InChI=1S/C34H39N3O4/c1-23(34-17-25-14-26(18-34)16-27(15-25)19-34)36-31(38)22-37(21-28-10-7-13-41-28)33(40)30-12-6-5-11-29(30)32(39)35-20-24-8-3-2-4-9-24/h2-13,23,25-27H,14-22H2,1H3,(H,35,39)(H,36,38). The van der Waals surface area contributed by atoms with Crippen LogP contribution in [0.25, 0.3) is 0 Å². The molecule has 4 aliphatic rings. The first-order valence-corrected chi connectivity index (χ1v) is 14.9. The number of benzene rings is 2. The highest BCUT2D eigenvalue weighted by molar-refractivity contribution is 6.07. The average Bonchev–Trinajstić information content (AvgIpc) is 3.48. The fourth-order valence-corrected chi connectivity index (χ4v) is 8.02. The van der Waals surface area contributed by atoms with Gasteiger partial charge < -0.3 is 20.0 Å². The second kappa shape index (κ2) is 11.6. The Morgan fingerprint density at radius 2 is 1.51 bits per heavy atom. The normalized spacial score (nSPS) is 25.0. The third kappa shape index (κ3) is 5.95. The Bertz CT molecular complexity index is 1350. The van der Waals surface area contributed by atoms with Gasteiger partial charge in [-0.25, -0.2) is 0 Å². The molecule has 0 saturated heterocycles. The monoisotopic (exact) mass is 553 g/mol. The quantitative estimate of drug-likeness (QED) is 0.343. The molecule has 7 heteroatoms. The molecule has 1 heterocycles. The molecule has 0 radical (unpaired) electrons.